The molecule has 26 heavy (non-hydrogen) atoms. The van der Waals surface area contributed by atoms with Gasteiger partial charge in [-0.2, -0.15) is 0 Å². The molecular formula is C20H21FN2O2S. The lowest BCUT2D eigenvalue weighted by Gasteiger charge is -2.18. The summed E-state index contributed by atoms with van der Waals surface area (Å²) < 4.78 is 19.4. The summed E-state index contributed by atoms with van der Waals surface area (Å²) in [6, 6.07) is 13.8. The number of hydrogen-bond acceptors (Lipinski definition) is 4. The third kappa shape index (κ3) is 4.43. The highest BCUT2D eigenvalue weighted by Gasteiger charge is 2.25. The second-order valence-electron chi connectivity index (χ2n) is 6.19. The van der Waals surface area contributed by atoms with Gasteiger partial charge < -0.3 is 4.74 Å². The number of benzene rings is 2. The smallest absolute Gasteiger partial charge is 0.259 e. The summed E-state index contributed by atoms with van der Waals surface area (Å²) in [5, 5.41) is 0.640. The van der Waals surface area contributed by atoms with Crippen LogP contribution in [0.5, 0.6) is 5.75 Å². The zero-order valence-electron chi connectivity index (χ0n) is 14.8. The fourth-order valence-electron chi connectivity index (χ4n) is 2.60. The number of carbonyl (C=O) groups is 1. The fraction of sp³-hybridized carbons (Fsp3) is 0.300. The van der Waals surface area contributed by atoms with Crippen molar-refractivity contribution in [2.75, 3.05) is 13.1 Å². The van der Waals surface area contributed by atoms with Gasteiger partial charge in [0.25, 0.3) is 5.91 Å². The Balaban J connectivity index is 1.65. The maximum absolute atomic E-state index is 13.8. The van der Waals surface area contributed by atoms with Crippen LogP contribution >= 0.6 is 11.8 Å². The summed E-state index contributed by atoms with van der Waals surface area (Å²) in [6.07, 6.45) is 0.0867. The van der Waals surface area contributed by atoms with E-state index in [1.165, 1.54) is 17.8 Å². The van der Waals surface area contributed by atoms with Crippen molar-refractivity contribution in [3.05, 3.63) is 65.5 Å². The van der Waals surface area contributed by atoms with Crippen molar-refractivity contribution in [1.82, 2.24) is 4.90 Å². The maximum Gasteiger partial charge on any atom is 0.259 e. The molecule has 0 fully saturated rings. The minimum Gasteiger partial charge on any atom is -0.491 e. The monoisotopic (exact) mass is 372 g/mol. The van der Waals surface area contributed by atoms with Gasteiger partial charge >= 0.3 is 0 Å². The Morgan fingerprint density at radius 1 is 1.23 bits per heavy atom. The first-order valence-electron chi connectivity index (χ1n) is 8.54. The van der Waals surface area contributed by atoms with Crippen LogP contribution in [0.2, 0.25) is 0 Å². The third-order valence-corrected chi connectivity index (χ3v) is 4.90. The van der Waals surface area contributed by atoms with Gasteiger partial charge in [-0.3, -0.25) is 14.7 Å². The molecule has 3 rings (SSSR count). The quantitative estimate of drug-likeness (QED) is 0.783. The van der Waals surface area contributed by atoms with E-state index in [0.717, 1.165) is 5.75 Å². The molecular weight excluding hydrogens is 351 g/mol. The molecule has 0 atom stereocenters. The number of rotatable bonds is 5. The van der Waals surface area contributed by atoms with Crippen LogP contribution in [-0.2, 0) is 5.75 Å². The molecule has 4 nitrogen and oxygen atoms in total. The van der Waals surface area contributed by atoms with Gasteiger partial charge in [-0.05, 0) is 49.7 Å². The van der Waals surface area contributed by atoms with E-state index in [-0.39, 0.29) is 17.8 Å². The normalized spacial score (nSPS) is 13.8. The molecule has 0 unspecified atom stereocenters. The van der Waals surface area contributed by atoms with E-state index in [9.17, 15) is 9.18 Å². The molecule has 0 saturated carbocycles. The van der Waals surface area contributed by atoms with Gasteiger partial charge in [0.1, 0.15) is 11.6 Å². The molecule has 0 aromatic heterocycles. The summed E-state index contributed by atoms with van der Waals surface area (Å²) in [7, 11) is 0. The van der Waals surface area contributed by atoms with Crippen LogP contribution in [0.4, 0.5) is 4.39 Å². The SMILES string of the molecule is CC(C)Oc1ccc(C(=O)N2CCN=C2SCc2ccccc2F)cc1. The van der Waals surface area contributed by atoms with E-state index >= 15 is 0 Å². The molecule has 1 aliphatic heterocycles. The van der Waals surface area contributed by atoms with Gasteiger partial charge in [0.2, 0.25) is 0 Å². The molecule has 0 spiro atoms. The molecule has 1 heterocycles. The number of thioether (sulfide) groups is 1. The molecule has 136 valence electrons. The Morgan fingerprint density at radius 2 is 1.96 bits per heavy atom. The fourth-order valence-corrected chi connectivity index (χ4v) is 3.63. The number of amides is 1. The highest BCUT2D eigenvalue weighted by Crippen LogP contribution is 2.23. The Hall–Kier alpha value is -2.34. The molecule has 0 saturated heterocycles. The summed E-state index contributed by atoms with van der Waals surface area (Å²) in [5.74, 6) is 0.840. The van der Waals surface area contributed by atoms with E-state index < -0.39 is 0 Å². The number of nitrogens with zero attached hydrogens (tertiary/aromatic N) is 2. The van der Waals surface area contributed by atoms with Crippen molar-refractivity contribution < 1.29 is 13.9 Å². The number of amidine groups is 1. The van der Waals surface area contributed by atoms with Gasteiger partial charge in [-0.1, -0.05) is 30.0 Å². The number of ether oxygens (including phenoxy) is 1. The number of carbonyl (C=O) groups excluding carboxylic acids is 1. The van der Waals surface area contributed by atoms with Crippen molar-refractivity contribution in [3.8, 4) is 5.75 Å². The molecule has 0 aliphatic carbocycles. The van der Waals surface area contributed by atoms with E-state index in [1.54, 1.807) is 47.4 Å². The van der Waals surface area contributed by atoms with Crippen LogP contribution in [0.25, 0.3) is 0 Å². The zero-order valence-corrected chi connectivity index (χ0v) is 15.6. The van der Waals surface area contributed by atoms with Crippen molar-refractivity contribution in [2.24, 2.45) is 4.99 Å². The largest absolute Gasteiger partial charge is 0.491 e. The first-order valence-corrected chi connectivity index (χ1v) is 9.52. The highest BCUT2D eigenvalue weighted by molar-refractivity contribution is 8.13. The van der Waals surface area contributed by atoms with Crippen LogP contribution in [0.3, 0.4) is 0 Å². The molecule has 2 aromatic carbocycles. The van der Waals surface area contributed by atoms with Crippen LogP contribution in [0.15, 0.2) is 53.5 Å². The Kier molecular flexibility index (Phi) is 5.93. The lowest BCUT2D eigenvalue weighted by atomic mass is 10.2. The Morgan fingerprint density at radius 3 is 2.65 bits per heavy atom. The molecule has 1 amide bonds. The highest BCUT2D eigenvalue weighted by atomic mass is 32.2. The van der Waals surface area contributed by atoms with Crippen molar-refractivity contribution >= 4 is 22.8 Å². The topological polar surface area (TPSA) is 41.9 Å². The molecule has 1 aliphatic rings. The second kappa shape index (κ2) is 8.36. The lowest BCUT2D eigenvalue weighted by Crippen LogP contribution is -2.32. The lowest BCUT2D eigenvalue weighted by molar-refractivity contribution is 0.0860. The zero-order chi connectivity index (χ0) is 18.5. The minimum absolute atomic E-state index is 0.0867. The van der Waals surface area contributed by atoms with Crippen molar-refractivity contribution in [1.29, 1.82) is 0 Å². The first-order chi connectivity index (χ1) is 12.5. The van der Waals surface area contributed by atoms with Crippen LogP contribution in [0.1, 0.15) is 29.8 Å². The molecule has 0 bridgehead atoms. The Bertz CT molecular complexity index is 806. The van der Waals surface area contributed by atoms with Gasteiger partial charge in [-0.25, -0.2) is 4.39 Å². The van der Waals surface area contributed by atoms with Crippen LogP contribution < -0.4 is 4.74 Å². The molecule has 0 N–H and O–H groups in total. The Labute approximate surface area is 157 Å². The molecule has 6 heteroatoms. The summed E-state index contributed by atoms with van der Waals surface area (Å²) in [4.78, 5) is 18.8. The third-order valence-electron chi connectivity index (χ3n) is 3.83. The maximum atomic E-state index is 13.8. The van der Waals surface area contributed by atoms with E-state index in [1.807, 2.05) is 13.8 Å². The summed E-state index contributed by atoms with van der Waals surface area (Å²) in [5.41, 5.74) is 1.19. The minimum atomic E-state index is -0.239. The number of hydrogen-bond donors (Lipinski definition) is 0. The van der Waals surface area contributed by atoms with Crippen molar-refractivity contribution in [3.63, 3.8) is 0 Å². The number of aliphatic imine (C=N–C) groups is 1. The first kappa shape index (κ1) is 18.5. The van der Waals surface area contributed by atoms with Gasteiger partial charge in [0, 0.05) is 17.9 Å². The molecule has 0 radical (unpaired) electrons. The van der Waals surface area contributed by atoms with Gasteiger partial charge in [-0.15, -0.1) is 0 Å². The van der Waals surface area contributed by atoms with Gasteiger partial charge in [0.05, 0.1) is 12.6 Å². The summed E-state index contributed by atoms with van der Waals surface area (Å²) >= 11 is 1.38. The predicted octanol–water partition coefficient (Wildman–Crippen LogP) is 4.36. The van der Waals surface area contributed by atoms with E-state index in [0.29, 0.717) is 35.1 Å². The van der Waals surface area contributed by atoms with Crippen molar-refractivity contribution in [2.45, 2.75) is 25.7 Å². The second-order valence-corrected chi connectivity index (χ2v) is 7.13. The van der Waals surface area contributed by atoms with E-state index in [4.69, 9.17) is 4.74 Å². The van der Waals surface area contributed by atoms with E-state index in [2.05, 4.69) is 4.99 Å². The summed E-state index contributed by atoms with van der Waals surface area (Å²) in [6.45, 7) is 5.03. The van der Waals surface area contributed by atoms with Crippen LogP contribution in [0, 0.1) is 5.82 Å². The standard InChI is InChI=1S/C20H21FN2O2S/c1-14(2)25-17-9-7-15(8-10-17)19(24)23-12-11-22-20(23)26-13-16-5-3-4-6-18(16)21/h3-10,14H,11-13H2,1-2H3. The average Bonchev–Trinajstić information content (AvgIpc) is 3.09. The van der Waals surface area contributed by atoms with Gasteiger partial charge in [0.15, 0.2) is 5.17 Å². The van der Waals surface area contributed by atoms with Crippen LogP contribution in [-0.4, -0.2) is 35.2 Å². The molecule has 2 aromatic rings. The number of halogens is 1. The predicted molar refractivity (Wildman–Crippen MR) is 103 cm³/mol. The average molecular weight is 372 g/mol.